The number of hydrogen-bond acceptors (Lipinski definition) is 1. The van der Waals surface area contributed by atoms with Crippen molar-refractivity contribution in [1.82, 2.24) is 0 Å². The first-order valence-corrected chi connectivity index (χ1v) is 6.96. The van der Waals surface area contributed by atoms with Gasteiger partial charge in [-0.3, -0.25) is 0 Å². The Labute approximate surface area is 110 Å². The smallest absolute Gasteiger partial charge is 0.123 e. The van der Waals surface area contributed by atoms with Crippen LogP contribution in [-0.4, -0.2) is 10.9 Å². The first-order valence-electron chi connectivity index (χ1n) is 6.04. The van der Waals surface area contributed by atoms with Gasteiger partial charge in [0.2, 0.25) is 0 Å². The zero-order valence-corrected chi connectivity index (χ0v) is 12.1. The van der Waals surface area contributed by atoms with E-state index in [1.54, 1.807) is 6.07 Å². The zero-order chi connectivity index (χ0) is 12.6. The Morgan fingerprint density at radius 3 is 2.76 bits per heavy atom. The molecule has 1 aliphatic carbocycles. The van der Waals surface area contributed by atoms with Crippen LogP contribution in [0.4, 0.5) is 4.39 Å². The van der Waals surface area contributed by atoms with Crippen LogP contribution in [0.2, 0.25) is 0 Å². The minimum atomic E-state index is -0.208. The lowest BCUT2D eigenvalue weighted by Crippen LogP contribution is -2.54. The first kappa shape index (κ1) is 12.9. The van der Waals surface area contributed by atoms with Crippen molar-refractivity contribution in [2.24, 2.45) is 5.41 Å². The minimum Gasteiger partial charge on any atom is -0.490 e. The van der Waals surface area contributed by atoms with Gasteiger partial charge in [-0.15, -0.1) is 0 Å². The van der Waals surface area contributed by atoms with Crippen LogP contribution in [0.5, 0.6) is 5.75 Å². The molecule has 1 fully saturated rings. The highest BCUT2D eigenvalue weighted by molar-refractivity contribution is 9.09. The summed E-state index contributed by atoms with van der Waals surface area (Å²) in [6, 6.07) is 4.70. The van der Waals surface area contributed by atoms with E-state index in [2.05, 4.69) is 29.8 Å². The van der Waals surface area contributed by atoms with Gasteiger partial charge in [0.05, 0.1) is 0 Å². The number of benzene rings is 1. The fourth-order valence-corrected chi connectivity index (χ4v) is 3.26. The van der Waals surface area contributed by atoms with Crippen LogP contribution in [0.1, 0.15) is 32.3 Å². The molecule has 2 rings (SSSR count). The van der Waals surface area contributed by atoms with Gasteiger partial charge in [0.15, 0.2) is 0 Å². The maximum atomic E-state index is 13.0. The highest BCUT2D eigenvalue weighted by atomic mass is 79.9. The molecule has 3 atom stereocenters. The summed E-state index contributed by atoms with van der Waals surface area (Å²) in [5.41, 5.74) is 1.04. The summed E-state index contributed by atoms with van der Waals surface area (Å²) < 4.78 is 19.0. The van der Waals surface area contributed by atoms with Crippen LogP contribution in [0.15, 0.2) is 18.2 Å². The van der Waals surface area contributed by atoms with Crippen molar-refractivity contribution in [3.8, 4) is 5.75 Å². The second-order valence-electron chi connectivity index (χ2n) is 5.08. The molecule has 0 radical (unpaired) electrons. The molecule has 0 amide bonds. The van der Waals surface area contributed by atoms with Crippen LogP contribution >= 0.6 is 15.9 Å². The molecule has 3 unspecified atom stereocenters. The van der Waals surface area contributed by atoms with E-state index in [-0.39, 0.29) is 17.3 Å². The van der Waals surface area contributed by atoms with E-state index in [0.717, 1.165) is 24.2 Å². The maximum absolute atomic E-state index is 13.0. The van der Waals surface area contributed by atoms with E-state index >= 15 is 0 Å². The standard InChI is InChI=1S/C14H18BrFO/c1-4-14(3)12(15)8-13(14)17-11-6-5-10(16)7-9(11)2/h5-7,12-13H,4,8H2,1-3H3. The Bertz CT molecular complexity index is 421. The van der Waals surface area contributed by atoms with E-state index in [4.69, 9.17) is 4.74 Å². The van der Waals surface area contributed by atoms with Crippen LogP contribution in [0.25, 0.3) is 0 Å². The van der Waals surface area contributed by atoms with E-state index in [0.29, 0.717) is 4.83 Å². The fraction of sp³-hybridized carbons (Fsp3) is 0.571. The third-order valence-electron chi connectivity index (χ3n) is 4.04. The SMILES string of the molecule is CCC1(C)C(Br)CC1Oc1ccc(F)cc1C. The third kappa shape index (κ3) is 2.22. The van der Waals surface area contributed by atoms with Gasteiger partial charge >= 0.3 is 0 Å². The Hall–Kier alpha value is -0.570. The van der Waals surface area contributed by atoms with Gasteiger partial charge in [-0.25, -0.2) is 4.39 Å². The summed E-state index contributed by atoms with van der Waals surface area (Å²) >= 11 is 3.69. The van der Waals surface area contributed by atoms with Crippen LogP contribution < -0.4 is 4.74 Å². The Morgan fingerprint density at radius 1 is 1.53 bits per heavy atom. The lowest BCUT2D eigenvalue weighted by Gasteiger charge is -2.50. The topological polar surface area (TPSA) is 9.23 Å². The van der Waals surface area contributed by atoms with E-state index in [1.165, 1.54) is 12.1 Å². The van der Waals surface area contributed by atoms with Crippen LogP contribution in [0.3, 0.4) is 0 Å². The molecule has 3 heteroatoms. The molecule has 1 aromatic rings. The molecule has 0 N–H and O–H groups in total. The normalized spacial score (nSPS) is 32.1. The highest BCUT2D eigenvalue weighted by Crippen LogP contribution is 2.50. The van der Waals surface area contributed by atoms with Gasteiger partial charge in [-0.2, -0.15) is 0 Å². The monoisotopic (exact) mass is 300 g/mol. The van der Waals surface area contributed by atoms with Gasteiger partial charge in [0.25, 0.3) is 0 Å². The second kappa shape index (κ2) is 4.60. The third-order valence-corrected chi connectivity index (χ3v) is 5.46. The number of ether oxygens (including phenoxy) is 1. The summed E-state index contributed by atoms with van der Waals surface area (Å²) in [6.07, 6.45) is 2.32. The van der Waals surface area contributed by atoms with Gasteiger partial charge in [-0.05, 0) is 43.5 Å². The molecule has 94 valence electrons. The van der Waals surface area contributed by atoms with Crippen molar-refractivity contribution < 1.29 is 9.13 Å². The molecular formula is C14H18BrFO. The fourth-order valence-electron chi connectivity index (χ4n) is 2.30. The molecule has 0 spiro atoms. The number of alkyl halides is 1. The molecule has 0 bridgehead atoms. The van der Waals surface area contributed by atoms with Crippen molar-refractivity contribution in [1.29, 1.82) is 0 Å². The number of halogens is 2. The second-order valence-corrected chi connectivity index (χ2v) is 6.18. The largest absolute Gasteiger partial charge is 0.490 e. The van der Waals surface area contributed by atoms with E-state index < -0.39 is 0 Å². The number of hydrogen-bond donors (Lipinski definition) is 0. The number of aryl methyl sites for hydroxylation is 1. The molecular weight excluding hydrogens is 283 g/mol. The molecule has 0 saturated heterocycles. The van der Waals surface area contributed by atoms with Gasteiger partial charge in [0.1, 0.15) is 17.7 Å². The Balaban J connectivity index is 2.12. The van der Waals surface area contributed by atoms with Crippen molar-refractivity contribution in [2.45, 2.75) is 44.5 Å². The predicted octanol–water partition coefficient (Wildman–Crippen LogP) is 4.47. The lowest BCUT2D eigenvalue weighted by atomic mass is 9.65. The molecule has 17 heavy (non-hydrogen) atoms. The van der Waals surface area contributed by atoms with Crippen molar-refractivity contribution >= 4 is 15.9 Å². The summed E-state index contributed by atoms with van der Waals surface area (Å²) in [6.45, 7) is 6.30. The molecule has 1 aliphatic rings. The summed E-state index contributed by atoms with van der Waals surface area (Å²) in [7, 11) is 0. The molecule has 1 nitrogen and oxygen atoms in total. The molecule has 0 aromatic heterocycles. The van der Waals surface area contributed by atoms with Crippen LogP contribution in [-0.2, 0) is 0 Å². The molecule has 0 heterocycles. The average Bonchev–Trinajstić information content (AvgIpc) is 2.30. The predicted molar refractivity (Wildman–Crippen MR) is 71.3 cm³/mol. The molecule has 0 aliphatic heterocycles. The molecule has 1 aromatic carbocycles. The molecule has 1 saturated carbocycles. The Kier molecular flexibility index (Phi) is 3.48. The lowest BCUT2D eigenvalue weighted by molar-refractivity contribution is -0.0247. The van der Waals surface area contributed by atoms with Gasteiger partial charge in [-0.1, -0.05) is 29.8 Å². The maximum Gasteiger partial charge on any atom is 0.123 e. The highest BCUT2D eigenvalue weighted by Gasteiger charge is 2.50. The van der Waals surface area contributed by atoms with Crippen molar-refractivity contribution in [2.75, 3.05) is 0 Å². The summed E-state index contributed by atoms with van der Waals surface area (Å²) in [5, 5.41) is 0. The van der Waals surface area contributed by atoms with Crippen LogP contribution in [0, 0.1) is 18.2 Å². The Morgan fingerprint density at radius 2 is 2.24 bits per heavy atom. The average molecular weight is 301 g/mol. The number of rotatable bonds is 3. The van der Waals surface area contributed by atoms with E-state index in [9.17, 15) is 4.39 Å². The van der Waals surface area contributed by atoms with Crippen molar-refractivity contribution in [3.05, 3.63) is 29.6 Å². The van der Waals surface area contributed by atoms with Gasteiger partial charge in [0, 0.05) is 10.2 Å². The minimum absolute atomic E-state index is 0.181. The van der Waals surface area contributed by atoms with Crippen molar-refractivity contribution in [3.63, 3.8) is 0 Å². The van der Waals surface area contributed by atoms with E-state index in [1.807, 2.05) is 6.92 Å². The quantitative estimate of drug-likeness (QED) is 0.749. The first-order chi connectivity index (χ1) is 7.97. The van der Waals surface area contributed by atoms with Gasteiger partial charge < -0.3 is 4.74 Å². The summed E-state index contributed by atoms with van der Waals surface area (Å²) in [5.74, 6) is 0.593. The summed E-state index contributed by atoms with van der Waals surface area (Å²) in [4.78, 5) is 0.519. The zero-order valence-electron chi connectivity index (χ0n) is 10.5.